The molecule has 2 aromatic carbocycles. The van der Waals surface area contributed by atoms with Crippen LogP contribution in [0, 0.1) is 11.3 Å². The first-order chi connectivity index (χ1) is 11.3. The molecule has 1 aliphatic heterocycles. The molecule has 0 saturated carbocycles. The van der Waals surface area contributed by atoms with Crippen LogP contribution in [0.4, 0.5) is 0 Å². The maximum absolute atomic E-state index is 9.87. The smallest absolute Gasteiger partial charge is 0.0849 e. The lowest BCUT2D eigenvalue weighted by molar-refractivity contribution is 0.119. The van der Waals surface area contributed by atoms with Crippen molar-refractivity contribution in [3.8, 4) is 6.07 Å². The summed E-state index contributed by atoms with van der Waals surface area (Å²) in [5, 5.41) is 9.87. The van der Waals surface area contributed by atoms with E-state index in [1.54, 1.807) is 0 Å². The minimum absolute atomic E-state index is 0.227. The van der Waals surface area contributed by atoms with E-state index in [1.165, 1.54) is 5.56 Å². The third-order valence-corrected chi connectivity index (χ3v) is 5.23. The summed E-state index contributed by atoms with van der Waals surface area (Å²) in [7, 11) is 0. The highest BCUT2D eigenvalue weighted by atomic mass is 35.5. The number of alkyl halides is 1. The van der Waals surface area contributed by atoms with Crippen LogP contribution in [0.2, 0.25) is 0 Å². The fourth-order valence-corrected chi connectivity index (χ4v) is 3.82. The van der Waals surface area contributed by atoms with Crippen molar-refractivity contribution in [2.75, 3.05) is 12.4 Å². The molecule has 1 aliphatic rings. The van der Waals surface area contributed by atoms with Crippen LogP contribution >= 0.6 is 11.6 Å². The Morgan fingerprint density at radius 1 is 1.09 bits per heavy atom. The van der Waals surface area contributed by atoms with Crippen LogP contribution in [0.25, 0.3) is 0 Å². The van der Waals surface area contributed by atoms with E-state index < -0.39 is 5.41 Å². The maximum atomic E-state index is 9.87. The van der Waals surface area contributed by atoms with Crippen LogP contribution in [0.1, 0.15) is 24.0 Å². The molecule has 0 N–H and O–H groups in total. The van der Waals surface area contributed by atoms with Crippen molar-refractivity contribution in [1.29, 1.82) is 5.26 Å². The molecule has 3 heteroatoms. The fraction of sp³-hybridized carbons (Fsp3) is 0.350. The second-order valence-corrected chi connectivity index (χ2v) is 6.59. The summed E-state index contributed by atoms with van der Waals surface area (Å²) >= 11 is 6.26. The van der Waals surface area contributed by atoms with Gasteiger partial charge in [-0.15, -0.1) is 11.6 Å². The average molecular weight is 325 g/mol. The number of benzene rings is 2. The average Bonchev–Trinajstić information content (AvgIpc) is 2.64. The van der Waals surface area contributed by atoms with Crippen molar-refractivity contribution < 1.29 is 0 Å². The molecule has 3 rings (SSSR count). The van der Waals surface area contributed by atoms with Crippen molar-refractivity contribution >= 4 is 11.6 Å². The first kappa shape index (κ1) is 16.1. The number of halogens is 1. The number of piperidine rings is 1. The molecule has 1 saturated heterocycles. The van der Waals surface area contributed by atoms with Crippen LogP contribution in [-0.4, -0.2) is 23.4 Å². The van der Waals surface area contributed by atoms with Crippen molar-refractivity contribution in [2.24, 2.45) is 0 Å². The topological polar surface area (TPSA) is 27.0 Å². The third kappa shape index (κ3) is 3.42. The lowest BCUT2D eigenvalue weighted by Gasteiger charge is -2.43. The quantitative estimate of drug-likeness (QED) is 0.782. The summed E-state index contributed by atoms with van der Waals surface area (Å²) in [6.07, 6.45) is 1.65. The maximum Gasteiger partial charge on any atom is 0.0849 e. The fourth-order valence-electron chi connectivity index (χ4n) is 3.51. The third-order valence-electron chi connectivity index (χ3n) is 4.87. The van der Waals surface area contributed by atoms with E-state index in [4.69, 9.17) is 11.6 Å². The zero-order chi connectivity index (χ0) is 16.1. The molecule has 0 radical (unpaired) electrons. The molecular weight excluding hydrogens is 304 g/mol. The molecule has 1 fully saturated rings. The van der Waals surface area contributed by atoms with Gasteiger partial charge in [0.2, 0.25) is 0 Å². The molecule has 2 nitrogen and oxygen atoms in total. The Morgan fingerprint density at radius 3 is 2.35 bits per heavy atom. The standard InChI is InChI=1S/C20H21ClN2/c21-14-19-13-20(16-22,18-9-5-2-6-10-18)11-12-23(19)15-17-7-3-1-4-8-17/h1-10,19H,11-15H2/t19-,20-/m1/s1. The molecule has 0 spiro atoms. The Labute approximate surface area is 143 Å². The van der Waals surface area contributed by atoms with Gasteiger partial charge in [0.25, 0.3) is 0 Å². The Morgan fingerprint density at radius 2 is 1.74 bits per heavy atom. The molecule has 118 valence electrons. The summed E-state index contributed by atoms with van der Waals surface area (Å²) < 4.78 is 0. The Balaban J connectivity index is 1.79. The zero-order valence-electron chi connectivity index (χ0n) is 13.2. The highest BCUT2D eigenvalue weighted by Crippen LogP contribution is 2.38. The van der Waals surface area contributed by atoms with Crippen molar-refractivity contribution in [3.63, 3.8) is 0 Å². The van der Waals surface area contributed by atoms with Crippen molar-refractivity contribution in [3.05, 3.63) is 71.8 Å². The van der Waals surface area contributed by atoms with Gasteiger partial charge >= 0.3 is 0 Å². The Hall–Kier alpha value is -1.82. The first-order valence-electron chi connectivity index (χ1n) is 8.08. The number of nitrogens with zero attached hydrogens (tertiary/aromatic N) is 2. The minimum atomic E-state index is -0.409. The highest BCUT2D eigenvalue weighted by molar-refractivity contribution is 6.18. The van der Waals surface area contributed by atoms with Crippen LogP contribution in [0.3, 0.4) is 0 Å². The summed E-state index contributed by atoms with van der Waals surface area (Å²) in [6.45, 7) is 1.79. The zero-order valence-corrected chi connectivity index (χ0v) is 13.9. The summed E-state index contributed by atoms with van der Waals surface area (Å²) in [5.41, 5.74) is 2.01. The SMILES string of the molecule is N#C[C@@]1(c2ccccc2)CCN(Cc2ccccc2)[C@@H](CCl)C1. The molecule has 2 atom stereocenters. The van der Waals surface area contributed by atoms with Gasteiger partial charge in [0.1, 0.15) is 0 Å². The van der Waals surface area contributed by atoms with Crippen molar-refractivity contribution in [1.82, 2.24) is 4.90 Å². The van der Waals surface area contributed by atoms with Gasteiger partial charge in [-0.1, -0.05) is 60.7 Å². The van der Waals surface area contributed by atoms with E-state index in [0.717, 1.165) is 31.5 Å². The molecule has 1 heterocycles. The van der Waals surface area contributed by atoms with Gasteiger partial charge in [0.05, 0.1) is 11.5 Å². The molecule has 0 bridgehead atoms. The van der Waals surface area contributed by atoms with Crippen LogP contribution in [-0.2, 0) is 12.0 Å². The normalized spacial score (nSPS) is 25.0. The molecule has 0 aromatic heterocycles. The molecule has 0 aliphatic carbocycles. The number of likely N-dealkylation sites (tertiary alicyclic amines) is 1. The summed E-state index contributed by atoms with van der Waals surface area (Å²) in [6, 6.07) is 23.5. The van der Waals surface area contributed by atoms with E-state index in [1.807, 2.05) is 24.3 Å². The molecule has 0 unspecified atom stereocenters. The first-order valence-corrected chi connectivity index (χ1v) is 8.61. The largest absolute Gasteiger partial charge is 0.295 e. The van der Waals surface area contributed by atoms with Crippen LogP contribution < -0.4 is 0 Å². The minimum Gasteiger partial charge on any atom is -0.295 e. The monoisotopic (exact) mass is 324 g/mol. The van der Waals surface area contributed by atoms with E-state index in [0.29, 0.717) is 5.88 Å². The van der Waals surface area contributed by atoms with E-state index in [9.17, 15) is 5.26 Å². The number of nitriles is 1. The second-order valence-electron chi connectivity index (χ2n) is 6.28. The van der Waals surface area contributed by atoms with Crippen LogP contribution in [0.15, 0.2) is 60.7 Å². The Kier molecular flexibility index (Phi) is 5.00. The molecule has 23 heavy (non-hydrogen) atoms. The molecular formula is C20H21ClN2. The summed E-state index contributed by atoms with van der Waals surface area (Å²) in [4.78, 5) is 2.42. The van der Waals surface area contributed by atoms with Gasteiger partial charge in [0, 0.05) is 25.0 Å². The van der Waals surface area contributed by atoms with Gasteiger partial charge in [0.15, 0.2) is 0 Å². The van der Waals surface area contributed by atoms with E-state index >= 15 is 0 Å². The van der Waals surface area contributed by atoms with E-state index in [2.05, 4.69) is 47.4 Å². The van der Waals surface area contributed by atoms with Gasteiger partial charge in [-0.3, -0.25) is 4.90 Å². The predicted octanol–water partition coefficient (Wildman–Crippen LogP) is 4.35. The highest BCUT2D eigenvalue weighted by Gasteiger charge is 2.41. The number of hydrogen-bond acceptors (Lipinski definition) is 2. The number of hydrogen-bond donors (Lipinski definition) is 0. The van der Waals surface area contributed by atoms with Gasteiger partial charge in [-0.2, -0.15) is 5.26 Å². The van der Waals surface area contributed by atoms with Crippen molar-refractivity contribution in [2.45, 2.75) is 30.8 Å². The summed E-state index contributed by atoms with van der Waals surface area (Å²) in [5.74, 6) is 0.559. The lowest BCUT2D eigenvalue weighted by Crippen LogP contribution is -2.49. The molecule has 2 aromatic rings. The van der Waals surface area contributed by atoms with E-state index in [-0.39, 0.29) is 6.04 Å². The predicted molar refractivity (Wildman–Crippen MR) is 94.3 cm³/mol. The van der Waals surface area contributed by atoms with Crippen LogP contribution in [0.5, 0.6) is 0 Å². The van der Waals surface area contributed by atoms with Gasteiger partial charge in [-0.25, -0.2) is 0 Å². The van der Waals surface area contributed by atoms with Gasteiger partial charge < -0.3 is 0 Å². The van der Waals surface area contributed by atoms with Gasteiger partial charge in [-0.05, 0) is 24.0 Å². The lowest BCUT2D eigenvalue weighted by atomic mass is 9.71. The molecule has 0 amide bonds. The Bertz CT molecular complexity index is 665. The second kappa shape index (κ2) is 7.17. The number of rotatable bonds is 4.